The Labute approximate surface area is 118 Å². The molecule has 0 atom stereocenters. The molecule has 1 aliphatic rings. The van der Waals surface area contributed by atoms with Gasteiger partial charge >= 0.3 is 0 Å². The predicted octanol–water partition coefficient (Wildman–Crippen LogP) is 2.23. The summed E-state index contributed by atoms with van der Waals surface area (Å²) in [6.07, 6.45) is 4.54. The second-order valence-corrected chi connectivity index (χ2v) is 7.35. The minimum atomic E-state index is -3.44. The molecule has 20 heavy (non-hydrogen) atoms. The van der Waals surface area contributed by atoms with E-state index in [1.165, 1.54) is 25.0 Å². The Morgan fingerprint density at radius 2 is 2.05 bits per heavy atom. The molecule has 110 valence electrons. The molecule has 0 amide bonds. The molecule has 1 aliphatic carbocycles. The summed E-state index contributed by atoms with van der Waals surface area (Å²) in [5.41, 5.74) is 0.300. The zero-order valence-corrected chi connectivity index (χ0v) is 12.4. The van der Waals surface area contributed by atoms with Crippen molar-refractivity contribution in [2.45, 2.75) is 24.2 Å². The largest absolute Gasteiger partial charge is 0.369 e. The lowest BCUT2D eigenvalue weighted by atomic mass is 10.2. The number of nitro benzene ring substituents is 1. The first kappa shape index (κ1) is 14.8. The van der Waals surface area contributed by atoms with Crippen LogP contribution in [0.15, 0.2) is 23.1 Å². The Morgan fingerprint density at radius 3 is 2.55 bits per heavy atom. The van der Waals surface area contributed by atoms with Crippen LogP contribution in [0.25, 0.3) is 0 Å². The maximum absolute atomic E-state index is 11.5. The molecule has 1 saturated carbocycles. The summed E-state index contributed by atoms with van der Waals surface area (Å²) in [5.74, 6) is 0.742. The number of sulfone groups is 1. The summed E-state index contributed by atoms with van der Waals surface area (Å²) in [7, 11) is -1.64. The van der Waals surface area contributed by atoms with Crippen molar-refractivity contribution >= 4 is 21.2 Å². The second-order valence-electron chi connectivity index (χ2n) is 5.33. The number of benzene rings is 1. The van der Waals surface area contributed by atoms with Crippen molar-refractivity contribution < 1.29 is 13.3 Å². The number of hydrogen-bond acceptors (Lipinski definition) is 5. The Bertz CT molecular complexity index is 623. The first-order chi connectivity index (χ1) is 9.29. The van der Waals surface area contributed by atoms with Gasteiger partial charge in [0.05, 0.1) is 9.82 Å². The van der Waals surface area contributed by atoms with Gasteiger partial charge in [-0.25, -0.2) is 8.42 Å². The maximum Gasteiger partial charge on any atom is 0.293 e. The molecule has 2 rings (SSSR count). The van der Waals surface area contributed by atoms with E-state index in [0.29, 0.717) is 5.69 Å². The van der Waals surface area contributed by atoms with Gasteiger partial charge in [0.1, 0.15) is 5.69 Å². The van der Waals surface area contributed by atoms with Crippen LogP contribution in [0, 0.1) is 16.0 Å². The van der Waals surface area contributed by atoms with Crippen molar-refractivity contribution in [3.05, 3.63) is 28.3 Å². The molecule has 0 radical (unpaired) electrons. The smallest absolute Gasteiger partial charge is 0.293 e. The molecule has 7 heteroatoms. The summed E-state index contributed by atoms with van der Waals surface area (Å²) in [5, 5.41) is 11.1. The van der Waals surface area contributed by atoms with Crippen LogP contribution >= 0.6 is 0 Å². The van der Waals surface area contributed by atoms with E-state index in [0.717, 1.165) is 31.2 Å². The van der Waals surface area contributed by atoms with Crippen molar-refractivity contribution in [3.8, 4) is 0 Å². The average Bonchev–Trinajstić information content (AvgIpc) is 3.18. The van der Waals surface area contributed by atoms with E-state index in [9.17, 15) is 18.5 Å². The Balaban J connectivity index is 2.29. The summed E-state index contributed by atoms with van der Waals surface area (Å²) >= 11 is 0. The highest BCUT2D eigenvalue weighted by molar-refractivity contribution is 7.90. The van der Waals surface area contributed by atoms with Gasteiger partial charge in [0, 0.05) is 25.9 Å². The molecule has 0 aromatic heterocycles. The minimum Gasteiger partial charge on any atom is -0.369 e. The van der Waals surface area contributed by atoms with Crippen LogP contribution in [0.1, 0.15) is 19.3 Å². The zero-order chi connectivity index (χ0) is 14.9. The second kappa shape index (κ2) is 5.40. The highest BCUT2D eigenvalue weighted by Crippen LogP contribution is 2.34. The Kier molecular flexibility index (Phi) is 3.99. The van der Waals surface area contributed by atoms with Gasteiger partial charge in [-0.3, -0.25) is 10.1 Å². The topological polar surface area (TPSA) is 80.5 Å². The van der Waals surface area contributed by atoms with E-state index < -0.39 is 14.8 Å². The lowest BCUT2D eigenvalue weighted by molar-refractivity contribution is -0.384. The maximum atomic E-state index is 11.5. The van der Waals surface area contributed by atoms with Gasteiger partial charge in [0.25, 0.3) is 5.69 Å². The quantitative estimate of drug-likeness (QED) is 0.594. The van der Waals surface area contributed by atoms with E-state index in [1.807, 2.05) is 4.90 Å². The molecule has 0 heterocycles. The summed E-state index contributed by atoms with van der Waals surface area (Å²) in [6, 6.07) is 4.07. The normalized spacial score (nSPS) is 15.1. The molecule has 0 bridgehead atoms. The fraction of sp³-hybridized carbons (Fsp3) is 0.538. The van der Waals surface area contributed by atoms with Crippen LogP contribution in [0.2, 0.25) is 0 Å². The third-order valence-corrected chi connectivity index (χ3v) is 4.66. The van der Waals surface area contributed by atoms with Gasteiger partial charge in [-0.1, -0.05) is 12.8 Å². The van der Waals surface area contributed by atoms with Crippen molar-refractivity contribution in [1.82, 2.24) is 0 Å². The molecule has 6 nitrogen and oxygen atoms in total. The lowest BCUT2D eigenvalue weighted by Gasteiger charge is -2.19. The van der Waals surface area contributed by atoms with Crippen molar-refractivity contribution in [2.75, 3.05) is 24.7 Å². The summed E-state index contributed by atoms with van der Waals surface area (Å²) in [4.78, 5) is 12.4. The molecule has 1 aromatic carbocycles. The molecule has 1 aromatic rings. The van der Waals surface area contributed by atoms with Crippen molar-refractivity contribution in [2.24, 2.45) is 5.92 Å². The number of nitrogens with zero attached hydrogens (tertiary/aromatic N) is 2. The highest BCUT2D eigenvalue weighted by Gasteiger charge is 2.24. The first-order valence-electron chi connectivity index (χ1n) is 6.48. The van der Waals surface area contributed by atoms with E-state index in [4.69, 9.17) is 0 Å². The van der Waals surface area contributed by atoms with E-state index in [-0.39, 0.29) is 10.6 Å². The van der Waals surface area contributed by atoms with Gasteiger partial charge in [0.2, 0.25) is 0 Å². The summed E-state index contributed by atoms with van der Waals surface area (Å²) < 4.78 is 23.0. The van der Waals surface area contributed by atoms with Gasteiger partial charge in [-0.2, -0.15) is 0 Å². The zero-order valence-electron chi connectivity index (χ0n) is 11.6. The van der Waals surface area contributed by atoms with Crippen molar-refractivity contribution in [3.63, 3.8) is 0 Å². The highest BCUT2D eigenvalue weighted by atomic mass is 32.2. The van der Waals surface area contributed by atoms with E-state index in [1.54, 1.807) is 7.05 Å². The molecule has 0 unspecified atom stereocenters. The van der Waals surface area contributed by atoms with Gasteiger partial charge < -0.3 is 4.90 Å². The molecular weight excluding hydrogens is 280 g/mol. The Morgan fingerprint density at radius 1 is 1.40 bits per heavy atom. The van der Waals surface area contributed by atoms with Crippen LogP contribution in [0.3, 0.4) is 0 Å². The fourth-order valence-electron chi connectivity index (χ4n) is 2.11. The van der Waals surface area contributed by atoms with Crippen LogP contribution in [-0.4, -0.2) is 33.2 Å². The number of rotatable bonds is 6. The van der Waals surface area contributed by atoms with Crippen LogP contribution in [-0.2, 0) is 9.84 Å². The third kappa shape index (κ3) is 3.47. The number of hydrogen-bond donors (Lipinski definition) is 0. The molecule has 0 spiro atoms. The molecule has 1 fully saturated rings. The van der Waals surface area contributed by atoms with Crippen LogP contribution in [0.5, 0.6) is 0 Å². The van der Waals surface area contributed by atoms with Crippen LogP contribution < -0.4 is 4.90 Å². The van der Waals surface area contributed by atoms with Gasteiger partial charge in [-0.05, 0) is 24.5 Å². The van der Waals surface area contributed by atoms with Gasteiger partial charge in [-0.15, -0.1) is 0 Å². The van der Waals surface area contributed by atoms with E-state index >= 15 is 0 Å². The molecular formula is C13H18N2O4S. The SMILES string of the molecule is CN(CCC1CC1)c1ccc(S(C)(=O)=O)cc1[N+](=O)[O-]. The average molecular weight is 298 g/mol. The molecule has 0 saturated heterocycles. The van der Waals surface area contributed by atoms with Gasteiger partial charge in [0.15, 0.2) is 9.84 Å². The predicted molar refractivity (Wildman–Crippen MR) is 76.8 cm³/mol. The first-order valence-corrected chi connectivity index (χ1v) is 8.38. The van der Waals surface area contributed by atoms with E-state index in [2.05, 4.69) is 0 Å². The van der Waals surface area contributed by atoms with Crippen molar-refractivity contribution in [1.29, 1.82) is 0 Å². The Hall–Kier alpha value is -1.63. The molecule has 0 N–H and O–H groups in total. The third-order valence-electron chi connectivity index (χ3n) is 3.55. The minimum absolute atomic E-state index is 0.0245. The number of nitro groups is 1. The molecule has 0 aliphatic heterocycles. The summed E-state index contributed by atoms with van der Waals surface area (Å²) in [6.45, 7) is 0.740. The lowest BCUT2D eigenvalue weighted by Crippen LogP contribution is -2.20. The standard InChI is InChI=1S/C13H18N2O4S/c1-14(8-7-10-3-4-10)12-6-5-11(20(2,18)19)9-13(12)15(16)17/h5-6,9-10H,3-4,7-8H2,1-2H3. The monoisotopic (exact) mass is 298 g/mol. The fourth-order valence-corrected chi connectivity index (χ4v) is 2.75. The number of anilines is 1. The van der Waals surface area contributed by atoms with Crippen LogP contribution in [0.4, 0.5) is 11.4 Å².